The van der Waals surface area contributed by atoms with E-state index >= 15 is 0 Å². The first-order chi connectivity index (χ1) is 8.10. The highest BCUT2D eigenvalue weighted by Gasteiger charge is 2.19. The van der Waals surface area contributed by atoms with E-state index in [9.17, 15) is 14.5 Å². The number of halogens is 1. The van der Waals surface area contributed by atoms with Crippen molar-refractivity contribution in [3.8, 4) is 0 Å². The first kappa shape index (κ1) is 13.1. The van der Waals surface area contributed by atoms with Crippen molar-refractivity contribution in [3.63, 3.8) is 0 Å². The van der Waals surface area contributed by atoms with E-state index < -0.39 is 10.7 Å². The Kier molecular flexibility index (Phi) is 4.59. The number of hydrogen-bond donors (Lipinski definition) is 1. The van der Waals surface area contributed by atoms with E-state index in [1.165, 1.54) is 11.0 Å². The zero-order valence-electron chi connectivity index (χ0n) is 9.17. The fourth-order valence-electron chi connectivity index (χ4n) is 1.49. The SMILES string of the molecule is C=CCN(CCO)c1cc(F)ccc1[N+](=O)[O-]. The molecular weight excluding hydrogens is 227 g/mol. The number of aliphatic hydroxyl groups is 1. The molecule has 6 heteroatoms. The Morgan fingerprint density at radius 3 is 2.82 bits per heavy atom. The number of rotatable bonds is 6. The van der Waals surface area contributed by atoms with Crippen LogP contribution < -0.4 is 4.90 Å². The molecule has 92 valence electrons. The van der Waals surface area contributed by atoms with Crippen molar-refractivity contribution < 1.29 is 14.4 Å². The number of anilines is 1. The molecule has 0 aliphatic heterocycles. The predicted octanol–water partition coefficient (Wildman–Crippen LogP) is 1.72. The Hall–Kier alpha value is -1.95. The molecule has 1 N–H and O–H groups in total. The second kappa shape index (κ2) is 5.95. The molecule has 0 unspecified atom stereocenters. The van der Waals surface area contributed by atoms with Crippen molar-refractivity contribution in [2.24, 2.45) is 0 Å². The Morgan fingerprint density at radius 2 is 2.29 bits per heavy atom. The summed E-state index contributed by atoms with van der Waals surface area (Å²) in [6.45, 7) is 3.81. The number of nitro benzene ring substituents is 1. The molecule has 0 aliphatic carbocycles. The average Bonchev–Trinajstić information content (AvgIpc) is 2.28. The van der Waals surface area contributed by atoms with Crippen LogP contribution in [0.1, 0.15) is 0 Å². The Bertz CT molecular complexity index is 423. The third-order valence-electron chi connectivity index (χ3n) is 2.19. The van der Waals surface area contributed by atoms with Gasteiger partial charge in [-0.15, -0.1) is 6.58 Å². The first-order valence-corrected chi connectivity index (χ1v) is 5.00. The molecule has 0 radical (unpaired) electrons. The maximum Gasteiger partial charge on any atom is 0.292 e. The average molecular weight is 240 g/mol. The lowest BCUT2D eigenvalue weighted by Crippen LogP contribution is -2.27. The van der Waals surface area contributed by atoms with Crippen LogP contribution in [0.3, 0.4) is 0 Å². The lowest BCUT2D eigenvalue weighted by molar-refractivity contribution is -0.384. The van der Waals surface area contributed by atoms with Crippen molar-refractivity contribution in [3.05, 3.63) is 46.8 Å². The predicted molar refractivity (Wildman–Crippen MR) is 62.6 cm³/mol. The zero-order chi connectivity index (χ0) is 12.8. The Labute approximate surface area is 97.9 Å². The summed E-state index contributed by atoms with van der Waals surface area (Å²) in [7, 11) is 0. The van der Waals surface area contributed by atoms with Crippen LogP contribution in [0.5, 0.6) is 0 Å². The molecule has 0 spiro atoms. The van der Waals surface area contributed by atoms with Crippen LogP contribution in [-0.4, -0.2) is 29.7 Å². The Morgan fingerprint density at radius 1 is 1.59 bits per heavy atom. The summed E-state index contributed by atoms with van der Waals surface area (Å²) in [5.41, 5.74) is -0.0503. The van der Waals surface area contributed by atoms with Gasteiger partial charge in [0.1, 0.15) is 11.5 Å². The minimum absolute atomic E-state index is 0.143. The molecule has 0 fully saturated rings. The number of aliphatic hydroxyl groups excluding tert-OH is 1. The van der Waals surface area contributed by atoms with Crippen molar-refractivity contribution in [1.29, 1.82) is 0 Å². The molecule has 0 saturated carbocycles. The van der Waals surface area contributed by atoms with Crippen molar-refractivity contribution in [2.45, 2.75) is 0 Å². The van der Waals surface area contributed by atoms with Crippen molar-refractivity contribution >= 4 is 11.4 Å². The van der Waals surface area contributed by atoms with E-state index in [4.69, 9.17) is 5.11 Å². The molecule has 0 bridgehead atoms. The first-order valence-electron chi connectivity index (χ1n) is 5.00. The normalized spacial score (nSPS) is 10.0. The maximum absolute atomic E-state index is 13.1. The molecule has 17 heavy (non-hydrogen) atoms. The quantitative estimate of drug-likeness (QED) is 0.467. The summed E-state index contributed by atoms with van der Waals surface area (Å²) in [4.78, 5) is 11.7. The molecule has 0 amide bonds. The summed E-state index contributed by atoms with van der Waals surface area (Å²) in [5.74, 6) is -0.558. The van der Waals surface area contributed by atoms with E-state index in [1.807, 2.05) is 0 Å². The van der Waals surface area contributed by atoms with Gasteiger partial charge in [0.2, 0.25) is 0 Å². The highest BCUT2D eigenvalue weighted by Crippen LogP contribution is 2.28. The standard InChI is InChI=1S/C11H13FN2O3/c1-2-5-13(6-7-15)11-8-9(12)3-4-10(11)14(16)17/h2-4,8,15H,1,5-7H2. The number of nitro groups is 1. The van der Waals surface area contributed by atoms with Gasteiger partial charge in [0.05, 0.1) is 11.5 Å². The zero-order valence-corrected chi connectivity index (χ0v) is 9.17. The topological polar surface area (TPSA) is 66.6 Å². The third-order valence-corrected chi connectivity index (χ3v) is 2.19. The van der Waals surface area contributed by atoms with Gasteiger partial charge in [0, 0.05) is 25.2 Å². The molecule has 5 nitrogen and oxygen atoms in total. The Balaban J connectivity index is 3.18. The minimum atomic E-state index is -0.581. The molecular formula is C11H13FN2O3. The molecule has 1 aromatic carbocycles. The van der Waals surface area contributed by atoms with Crippen LogP contribution in [-0.2, 0) is 0 Å². The third kappa shape index (κ3) is 3.25. The highest BCUT2D eigenvalue weighted by molar-refractivity contribution is 5.63. The fraction of sp³-hybridized carbons (Fsp3) is 0.273. The van der Waals surface area contributed by atoms with Crippen molar-refractivity contribution in [1.82, 2.24) is 0 Å². The smallest absolute Gasteiger partial charge is 0.292 e. The van der Waals surface area contributed by atoms with E-state index in [0.29, 0.717) is 6.54 Å². The number of nitrogens with zero attached hydrogens (tertiary/aromatic N) is 2. The van der Waals surface area contributed by atoms with Gasteiger partial charge in [-0.2, -0.15) is 0 Å². The van der Waals surface area contributed by atoms with Crippen LogP contribution in [0.25, 0.3) is 0 Å². The van der Waals surface area contributed by atoms with Gasteiger partial charge in [-0.25, -0.2) is 4.39 Å². The van der Waals surface area contributed by atoms with Crippen LogP contribution >= 0.6 is 0 Å². The van der Waals surface area contributed by atoms with Gasteiger partial charge in [-0.05, 0) is 6.07 Å². The summed E-state index contributed by atoms with van der Waals surface area (Å²) in [6, 6.07) is 3.22. The molecule has 0 atom stereocenters. The molecule has 1 rings (SSSR count). The summed E-state index contributed by atoms with van der Waals surface area (Å²) in [6.07, 6.45) is 1.53. The lowest BCUT2D eigenvalue weighted by Gasteiger charge is -2.21. The monoisotopic (exact) mass is 240 g/mol. The van der Waals surface area contributed by atoms with Crippen LogP contribution in [0.4, 0.5) is 15.8 Å². The van der Waals surface area contributed by atoms with Gasteiger partial charge in [-0.1, -0.05) is 6.08 Å². The molecule has 1 aromatic rings. The molecule has 0 saturated heterocycles. The van der Waals surface area contributed by atoms with E-state index in [1.54, 1.807) is 0 Å². The highest BCUT2D eigenvalue weighted by atomic mass is 19.1. The molecule has 0 aliphatic rings. The number of benzene rings is 1. The van der Waals surface area contributed by atoms with E-state index in [0.717, 1.165) is 18.2 Å². The lowest BCUT2D eigenvalue weighted by atomic mass is 10.2. The van der Waals surface area contributed by atoms with Gasteiger partial charge < -0.3 is 10.0 Å². The maximum atomic E-state index is 13.1. The van der Waals surface area contributed by atoms with Gasteiger partial charge in [-0.3, -0.25) is 10.1 Å². The fourth-order valence-corrected chi connectivity index (χ4v) is 1.49. The second-order valence-electron chi connectivity index (χ2n) is 3.35. The van der Waals surface area contributed by atoms with Gasteiger partial charge in [0.15, 0.2) is 0 Å². The van der Waals surface area contributed by atoms with Crippen LogP contribution in [0, 0.1) is 15.9 Å². The molecule has 0 aromatic heterocycles. The second-order valence-corrected chi connectivity index (χ2v) is 3.35. The molecule has 0 heterocycles. The summed E-state index contributed by atoms with van der Waals surface area (Å²) < 4.78 is 13.1. The summed E-state index contributed by atoms with van der Waals surface area (Å²) in [5, 5.41) is 19.7. The van der Waals surface area contributed by atoms with E-state index in [2.05, 4.69) is 6.58 Å². The van der Waals surface area contributed by atoms with Crippen LogP contribution in [0.15, 0.2) is 30.9 Å². The van der Waals surface area contributed by atoms with Gasteiger partial charge in [0.25, 0.3) is 5.69 Å². The minimum Gasteiger partial charge on any atom is -0.395 e. The van der Waals surface area contributed by atoms with Crippen molar-refractivity contribution in [2.75, 3.05) is 24.6 Å². The van der Waals surface area contributed by atoms with Gasteiger partial charge >= 0.3 is 0 Å². The largest absolute Gasteiger partial charge is 0.395 e. The van der Waals surface area contributed by atoms with Crippen LogP contribution in [0.2, 0.25) is 0 Å². The number of hydrogen-bond acceptors (Lipinski definition) is 4. The summed E-state index contributed by atoms with van der Waals surface area (Å²) >= 11 is 0. The van der Waals surface area contributed by atoms with E-state index in [-0.39, 0.29) is 24.5 Å².